The summed E-state index contributed by atoms with van der Waals surface area (Å²) in [5.41, 5.74) is 6.25. The lowest BCUT2D eigenvalue weighted by Crippen LogP contribution is -2.11. The summed E-state index contributed by atoms with van der Waals surface area (Å²) < 4.78 is 1.84. The highest BCUT2D eigenvalue weighted by atomic mass is 16.1. The van der Waals surface area contributed by atoms with Crippen molar-refractivity contribution in [3.05, 3.63) is 29.7 Å². The van der Waals surface area contributed by atoms with Gasteiger partial charge >= 0.3 is 0 Å². The lowest BCUT2D eigenvalue weighted by Gasteiger charge is -1.97. The summed E-state index contributed by atoms with van der Waals surface area (Å²) in [5, 5.41) is 7.91. The van der Waals surface area contributed by atoms with E-state index in [-0.39, 0.29) is 0 Å². The predicted octanol–water partition coefficient (Wildman–Crippen LogP) is 0.391. The van der Waals surface area contributed by atoms with Gasteiger partial charge in [-0.25, -0.2) is 0 Å². The van der Waals surface area contributed by atoms with Gasteiger partial charge in [0.15, 0.2) is 5.65 Å². The molecule has 0 radical (unpaired) electrons. The van der Waals surface area contributed by atoms with Crippen LogP contribution in [0.5, 0.6) is 0 Å². The first kappa shape index (κ1) is 8.68. The Morgan fingerprint density at radius 3 is 3.00 bits per heavy atom. The third kappa shape index (κ3) is 1.22. The lowest BCUT2D eigenvalue weighted by atomic mass is 10.2. The summed E-state index contributed by atoms with van der Waals surface area (Å²) in [6.07, 6.45) is 2.56. The fraction of sp³-hybridized carbons (Fsp3) is 0.222. The number of amides is 1. The van der Waals surface area contributed by atoms with Gasteiger partial charge in [0.25, 0.3) is 0 Å². The van der Waals surface area contributed by atoms with Crippen LogP contribution >= 0.6 is 0 Å². The van der Waals surface area contributed by atoms with E-state index >= 15 is 0 Å². The van der Waals surface area contributed by atoms with E-state index in [1.54, 1.807) is 18.3 Å². The highest BCUT2D eigenvalue weighted by Gasteiger charge is 2.06. The number of fused-ring (bicyclic) bond motifs is 1. The zero-order chi connectivity index (χ0) is 10.1. The number of hydrogen-bond donors (Lipinski definition) is 1. The van der Waals surface area contributed by atoms with Gasteiger partial charge in [0, 0.05) is 18.2 Å². The Morgan fingerprint density at radius 1 is 1.57 bits per heavy atom. The molecule has 0 saturated heterocycles. The second-order valence-electron chi connectivity index (χ2n) is 2.98. The van der Waals surface area contributed by atoms with Gasteiger partial charge in [0.1, 0.15) is 5.82 Å². The number of hydrogen-bond acceptors (Lipinski definition) is 3. The number of carbonyl (C=O) groups excluding carboxylic acids is 1. The Balaban J connectivity index is 2.63. The highest BCUT2D eigenvalue weighted by molar-refractivity contribution is 5.93. The van der Waals surface area contributed by atoms with Gasteiger partial charge in [0.2, 0.25) is 5.91 Å². The second-order valence-corrected chi connectivity index (χ2v) is 2.98. The smallest absolute Gasteiger partial charge is 0.248 e. The van der Waals surface area contributed by atoms with Crippen molar-refractivity contribution in [3.8, 4) is 0 Å². The van der Waals surface area contributed by atoms with Gasteiger partial charge in [-0.2, -0.15) is 0 Å². The number of aryl methyl sites for hydroxylation is 1. The molecule has 2 N–H and O–H groups in total. The van der Waals surface area contributed by atoms with Gasteiger partial charge < -0.3 is 5.73 Å². The molecule has 0 fully saturated rings. The molecule has 0 aromatic carbocycles. The van der Waals surface area contributed by atoms with Crippen molar-refractivity contribution in [1.29, 1.82) is 0 Å². The van der Waals surface area contributed by atoms with E-state index in [1.807, 2.05) is 11.3 Å². The van der Waals surface area contributed by atoms with Crippen LogP contribution in [-0.4, -0.2) is 20.5 Å². The maximum absolute atomic E-state index is 10.9. The van der Waals surface area contributed by atoms with Crippen LogP contribution in [0.25, 0.3) is 5.65 Å². The number of carbonyl (C=O) groups is 1. The average Bonchev–Trinajstić information content (AvgIpc) is 2.59. The number of aromatic nitrogens is 3. The number of nitrogens with zero attached hydrogens (tertiary/aromatic N) is 3. The molecule has 72 valence electrons. The molecular weight excluding hydrogens is 180 g/mol. The van der Waals surface area contributed by atoms with Crippen molar-refractivity contribution < 1.29 is 4.79 Å². The van der Waals surface area contributed by atoms with Crippen molar-refractivity contribution >= 4 is 11.6 Å². The summed E-state index contributed by atoms with van der Waals surface area (Å²) >= 11 is 0. The Bertz CT molecular complexity index is 489. The van der Waals surface area contributed by atoms with E-state index in [0.717, 1.165) is 12.2 Å². The van der Waals surface area contributed by atoms with Crippen molar-refractivity contribution in [3.63, 3.8) is 0 Å². The van der Waals surface area contributed by atoms with Gasteiger partial charge in [-0.05, 0) is 12.1 Å². The number of pyridine rings is 1. The van der Waals surface area contributed by atoms with E-state index in [0.29, 0.717) is 11.2 Å². The molecule has 1 amide bonds. The van der Waals surface area contributed by atoms with Crippen LogP contribution in [-0.2, 0) is 6.42 Å². The molecule has 2 aromatic heterocycles. The predicted molar refractivity (Wildman–Crippen MR) is 50.9 cm³/mol. The Morgan fingerprint density at radius 2 is 2.36 bits per heavy atom. The third-order valence-electron chi connectivity index (χ3n) is 2.08. The zero-order valence-electron chi connectivity index (χ0n) is 7.77. The van der Waals surface area contributed by atoms with Gasteiger partial charge in [-0.1, -0.05) is 6.92 Å². The average molecular weight is 190 g/mol. The van der Waals surface area contributed by atoms with Crippen molar-refractivity contribution in [1.82, 2.24) is 14.6 Å². The van der Waals surface area contributed by atoms with Crippen LogP contribution < -0.4 is 5.73 Å². The van der Waals surface area contributed by atoms with Crippen LogP contribution in [0.3, 0.4) is 0 Å². The molecule has 2 aromatic rings. The Hall–Kier alpha value is -1.91. The maximum atomic E-state index is 10.9. The number of nitrogens with two attached hydrogens (primary N) is 1. The minimum absolute atomic E-state index is 0.450. The van der Waals surface area contributed by atoms with E-state index in [9.17, 15) is 4.79 Å². The molecule has 2 heterocycles. The fourth-order valence-corrected chi connectivity index (χ4v) is 1.33. The molecule has 0 aliphatic rings. The SMILES string of the molecule is CCc1nnc2cc(C(N)=O)ccn12. The number of primary amides is 1. The summed E-state index contributed by atoms with van der Waals surface area (Å²) in [4.78, 5) is 10.9. The first-order valence-electron chi connectivity index (χ1n) is 4.36. The third-order valence-corrected chi connectivity index (χ3v) is 2.08. The molecule has 0 unspecified atom stereocenters. The van der Waals surface area contributed by atoms with E-state index < -0.39 is 5.91 Å². The molecule has 0 atom stereocenters. The minimum atomic E-state index is -0.450. The first-order chi connectivity index (χ1) is 6.72. The fourth-order valence-electron chi connectivity index (χ4n) is 1.33. The monoisotopic (exact) mass is 190 g/mol. The van der Waals surface area contributed by atoms with Gasteiger partial charge in [0.05, 0.1) is 0 Å². The molecule has 0 bridgehead atoms. The molecule has 5 heteroatoms. The van der Waals surface area contributed by atoms with E-state index in [1.165, 1.54) is 0 Å². The molecule has 5 nitrogen and oxygen atoms in total. The van der Waals surface area contributed by atoms with Crippen LogP contribution in [0.1, 0.15) is 23.1 Å². The molecule has 14 heavy (non-hydrogen) atoms. The molecular formula is C9H10N4O. The number of rotatable bonds is 2. The lowest BCUT2D eigenvalue weighted by molar-refractivity contribution is 0.100. The Labute approximate surface area is 80.6 Å². The summed E-state index contributed by atoms with van der Waals surface area (Å²) in [6.45, 7) is 2.00. The summed E-state index contributed by atoms with van der Waals surface area (Å²) in [6, 6.07) is 3.30. The van der Waals surface area contributed by atoms with E-state index in [2.05, 4.69) is 10.2 Å². The molecule has 0 spiro atoms. The zero-order valence-corrected chi connectivity index (χ0v) is 7.77. The van der Waals surface area contributed by atoms with Gasteiger partial charge in [-0.15, -0.1) is 10.2 Å². The normalized spacial score (nSPS) is 10.6. The summed E-state index contributed by atoms with van der Waals surface area (Å²) in [7, 11) is 0. The van der Waals surface area contributed by atoms with Crippen molar-refractivity contribution in [2.75, 3.05) is 0 Å². The van der Waals surface area contributed by atoms with Gasteiger partial charge in [-0.3, -0.25) is 9.20 Å². The first-order valence-corrected chi connectivity index (χ1v) is 4.36. The van der Waals surface area contributed by atoms with Crippen LogP contribution in [0.15, 0.2) is 18.3 Å². The molecule has 0 aliphatic heterocycles. The maximum Gasteiger partial charge on any atom is 0.248 e. The standard InChI is InChI=1S/C9H10N4O/c1-2-7-11-12-8-5-6(9(10)14)3-4-13(7)8/h3-5H,2H2,1H3,(H2,10,14). The van der Waals surface area contributed by atoms with Crippen LogP contribution in [0, 0.1) is 0 Å². The summed E-state index contributed by atoms with van der Waals surface area (Å²) in [5.74, 6) is 0.421. The molecule has 2 rings (SSSR count). The van der Waals surface area contributed by atoms with Crippen LogP contribution in [0.2, 0.25) is 0 Å². The largest absolute Gasteiger partial charge is 0.366 e. The van der Waals surface area contributed by atoms with Crippen molar-refractivity contribution in [2.45, 2.75) is 13.3 Å². The molecule has 0 aliphatic carbocycles. The topological polar surface area (TPSA) is 73.3 Å². The van der Waals surface area contributed by atoms with E-state index in [4.69, 9.17) is 5.73 Å². The molecule has 0 saturated carbocycles. The minimum Gasteiger partial charge on any atom is -0.366 e. The second kappa shape index (κ2) is 3.10. The van der Waals surface area contributed by atoms with Crippen LogP contribution in [0.4, 0.5) is 0 Å². The van der Waals surface area contributed by atoms with Crippen molar-refractivity contribution in [2.24, 2.45) is 5.73 Å². The highest BCUT2D eigenvalue weighted by Crippen LogP contribution is 2.07. The quantitative estimate of drug-likeness (QED) is 0.744. The Kier molecular flexibility index (Phi) is 1.92.